The van der Waals surface area contributed by atoms with Crippen LogP contribution in [-0.2, 0) is 0 Å². The third-order valence-corrected chi connectivity index (χ3v) is 6.10. The van der Waals surface area contributed by atoms with E-state index in [0.29, 0.717) is 15.9 Å². The molecule has 3 saturated heterocycles. The normalized spacial score (nSPS) is 26.2. The predicted molar refractivity (Wildman–Crippen MR) is 93.0 cm³/mol. The zero-order valence-corrected chi connectivity index (χ0v) is 14.2. The Morgan fingerprint density at radius 2 is 2.00 bits per heavy atom. The first kappa shape index (κ1) is 15.1. The van der Waals surface area contributed by atoms with E-state index in [1.54, 1.807) is 6.20 Å². The van der Waals surface area contributed by atoms with Gasteiger partial charge in [0, 0.05) is 23.8 Å². The van der Waals surface area contributed by atoms with Crippen LogP contribution < -0.4 is 5.32 Å². The number of carbonyl (C=O) groups is 1. The molecule has 0 aliphatic carbocycles. The molecule has 2 bridgehead atoms. The lowest BCUT2D eigenvalue weighted by atomic mass is 9.84. The van der Waals surface area contributed by atoms with Crippen LogP contribution in [0, 0.1) is 5.92 Å². The van der Waals surface area contributed by atoms with E-state index in [9.17, 15) is 4.79 Å². The van der Waals surface area contributed by atoms with Crippen LogP contribution in [0.2, 0.25) is 5.02 Å². The van der Waals surface area contributed by atoms with Crippen molar-refractivity contribution in [2.24, 2.45) is 5.92 Å². The summed E-state index contributed by atoms with van der Waals surface area (Å²) in [7, 11) is 0. The monoisotopic (exact) mass is 347 g/mol. The van der Waals surface area contributed by atoms with Gasteiger partial charge in [0.2, 0.25) is 0 Å². The van der Waals surface area contributed by atoms with Crippen LogP contribution in [0.15, 0.2) is 30.5 Å². The lowest BCUT2D eigenvalue weighted by Crippen LogP contribution is -2.57. The molecule has 3 aliphatic rings. The lowest BCUT2D eigenvalue weighted by molar-refractivity contribution is 0.0620. The van der Waals surface area contributed by atoms with Gasteiger partial charge in [0.1, 0.15) is 0 Å². The van der Waals surface area contributed by atoms with E-state index < -0.39 is 0 Å². The topological polar surface area (TPSA) is 45.2 Å². The van der Waals surface area contributed by atoms with Crippen molar-refractivity contribution in [3.05, 3.63) is 40.5 Å². The molecule has 3 fully saturated rings. The molecule has 5 rings (SSSR count). The molecule has 1 amide bonds. The fourth-order valence-electron chi connectivity index (χ4n) is 3.49. The highest BCUT2D eigenvalue weighted by atomic mass is 35.5. The van der Waals surface area contributed by atoms with Gasteiger partial charge in [-0.05, 0) is 49.5 Å². The molecule has 4 heterocycles. The highest BCUT2D eigenvalue weighted by Gasteiger charge is 2.35. The number of hydrogen-bond acceptors (Lipinski definition) is 4. The van der Waals surface area contributed by atoms with Crippen molar-refractivity contribution in [2.75, 3.05) is 19.6 Å². The Bertz CT molecular complexity index is 707. The van der Waals surface area contributed by atoms with Gasteiger partial charge >= 0.3 is 0 Å². The van der Waals surface area contributed by atoms with Gasteiger partial charge < -0.3 is 10.2 Å². The standard InChI is InChI=1S/C17H18ClN3OS/c18-13-3-1-12(2-4-13)15-9-19-17(23-15)16(22)20-14-10-21-7-5-11(14)6-8-21/h1-4,9,11,14H,5-8,10H2,(H,20,22). The van der Waals surface area contributed by atoms with Crippen molar-refractivity contribution < 1.29 is 4.79 Å². The maximum absolute atomic E-state index is 12.5. The third kappa shape index (κ3) is 3.13. The molecule has 4 nitrogen and oxygen atoms in total. The van der Waals surface area contributed by atoms with Crippen molar-refractivity contribution >= 4 is 28.8 Å². The molecule has 2 aromatic rings. The summed E-state index contributed by atoms with van der Waals surface area (Å²) in [6.45, 7) is 3.33. The number of halogens is 1. The Kier molecular flexibility index (Phi) is 4.09. The second kappa shape index (κ2) is 6.23. The molecular weight excluding hydrogens is 330 g/mol. The van der Waals surface area contributed by atoms with Crippen LogP contribution in [-0.4, -0.2) is 41.5 Å². The number of amides is 1. The Hall–Kier alpha value is -1.43. The number of thiazole rings is 1. The Balaban J connectivity index is 1.46. The van der Waals surface area contributed by atoms with Crippen LogP contribution in [0.3, 0.4) is 0 Å². The number of aromatic nitrogens is 1. The Morgan fingerprint density at radius 1 is 1.26 bits per heavy atom. The molecule has 1 N–H and O–H groups in total. The largest absolute Gasteiger partial charge is 0.346 e. The summed E-state index contributed by atoms with van der Waals surface area (Å²) in [5.74, 6) is 0.577. The van der Waals surface area contributed by atoms with E-state index >= 15 is 0 Å². The van der Waals surface area contributed by atoms with Crippen molar-refractivity contribution in [3.8, 4) is 10.4 Å². The quantitative estimate of drug-likeness (QED) is 0.926. The summed E-state index contributed by atoms with van der Waals surface area (Å²) >= 11 is 7.34. The van der Waals surface area contributed by atoms with Gasteiger partial charge in [0.05, 0.1) is 4.88 Å². The van der Waals surface area contributed by atoms with Gasteiger partial charge in [0.25, 0.3) is 5.91 Å². The maximum Gasteiger partial charge on any atom is 0.280 e. The highest BCUT2D eigenvalue weighted by molar-refractivity contribution is 7.16. The summed E-state index contributed by atoms with van der Waals surface area (Å²) in [6.07, 6.45) is 4.15. The molecule has 3 aliphatic heterocycles. The van der Waals surface area contributed by atoms with Gasteiger partial charge in [-0.1, -0.05) is 23.7 Å². The maximum atomic E-state index is 12.5. The number of rotatable bonds is 3. The van der Waals surface area contributed by atoms with Gasteiger partial charge in [-0.3, -0.25) is 4.79 Å². The fourth-order valence-corrected chi connectivity index (χ4v) is 4.44. The van der Waals surface area contributed by atoms with E-state index in [1.807, 2.05) is 24.3 Å². The van der Waals surface area contributed by atoms with Gasteiger partial charge in [-0.25, -0.2) is 4.98 Å². The zero-order valence-electron chi connectivity index (χ0n) is 12.7. The number of hydrogen-bond donors (Lipinski definition) is 1. The van der Waals surface area contributed by atoms with E-state index in [0.717, 1.165) is 17.0 Å². The van der Waals surface area contributed by atoms with E-state index in [4.69, 9.17) is 11.6 Å². The molecule has 1 atom stereocenters. The average Bonchev–Trinajstić information content (AvgIpc) is 3.07. The molecular formula is C17H18ClN3OS. The molecule has 1 aromatic carbocycles. The van der Waals surface area contributed by atoms with Crippen molar-refractivity contribution in [3.63, 3.8) is 0 Å². The second-order valence-electron chi connectivity index (χ2n) is 6.25. The smallest absolute Gasteiger partial charge is 0.280 e. The minimum Gasteiger partial charge on any atom is -0.346 e. The number of nitrogens with one attached hydrogen (secondary N) is 1. The summed E-state index contributed by atoms with van der Waals surface area (Å²) in [6, 6.07) is 7.87. The van der Waals surface area contributed by atoms with Crippen LogP contribution in [0.5, 0.6) is 0 Å². The second-order valence-corrected chi connectivity index (χ2v) is 7.72. The van der Waals surface area contributed by atoms with E-state index in [1.165, 1.54) is 37.3 Å². The molecule has 1 unspecified atom stereocenters. The Labute approximate surface area is 144 Å². The van der Waals surface area contributed by atoms with E-state index in [-0.39, 0.29) is 11.9 Å². The molecule has 0 radical (unpaired) electrons. The van der Waals surface area contributed by atoms with Crippen molar-refractivity contribution in [1.82, 2.24) is 15.2 Å². The lowest BCUT2D eigenvalue weighted by Gasteiger charge is -2.44. The highest BCUT2D eigenvalue weighted by Crippen LogP contribution is 2.29. The molecule has 1 aromatic heterocycles. The number of carbonyl (C=O) groups excluding carboxylic acids is 1. The third-order valence-electron chi connectivity index (χ3n) is 4.80. The summed E-state index contributed by atoms with van der Waals surface area (Å²) < 4.78 is 0. The first-order valence-electron chi connectivity index (χ1n) is 7.94. The number of nitrogens with zero attached hydrogens (tertiary/aromatic N) is 2. The van der Waals surface area contributed by atoms with Gasteiger partial charge in [-0.15, -0.1) is 11.3 Å². The molecule has 0 spiro atoms. The SMILES string of the molecule is O=C(NC1CN2CCC1CC2)c1ncc(-c2ccc(Cl)cc2)s1. The number of piperidine rings is 3. The molecule has 6 heteroatoms. The van der Waals surface area contributed by atoms with Crippen molar-refractivity contribution in [1.29, 1.82) is 0 Å². The summed E-state index contributed by atoms with van der Waals surface area (Å²) in [4.78, 5) is 20.2. The number of fused-ring (bicyclic) bond motifs is 3. The van der Waals surface area contributed by atoms with Crippen molar-refractivity contribution in [2.45, 2.75) is 18.9 Å². The zero-order chi connectivity index (χ0) is 15.8. The molecule has 120 valence electrons. The predicted octanol–water partition coefficient (Wildman–Crippen LogP) is 3.29. The summed E-state index contributed by atoms with van der Waals surface area (Å²) in [5.41, 5.74) is 1.04. The van der Waals surface area contributed by atoms with Crippen LogP contribution in [0.1, 0.15) is 22.6 Å². The molecule has 0 saturated carbocycles. The van der Waals surface area contributed by atoms with Crippen LogP contribution in [0.25, 0.3) is 10.4 Å². The minimum absolute atomic E-state index is 0.0473. The summed E-state index contributed by atoms with van der Waals surface area (Å²) in [5, 5.41) is 4.43. The number of benzene rings is 1. The van der Waals surface area contributed by atoms with Gasteiger partial charge in [0.15, 0.2) is 5.01 Å². The first-order valence-corrected chi connectivity index (χ1v) is 9.13. The first-order chi connectivity index (χ1) is 11.2. The fraction of sp³-hybridized carbons (Fsp3) is 0.412. The van der Waals surface area contributed by atoms with Crippen LogP contribution in [0.4, 0.5) is 0 Å². The molecule has 23 heavy (non-hydrogen) atoms. The average molecular weight is 348 g/mol. The van der Waals surface area contributed by atoms with Gasteiger partial charge in [-0.2, -0.15) is 0 Å². The van der Waals surface area contributed by atoms with E-state index in [2.05, 4.69) is 15.2 Å². The Morgan fingerprint density at radius 3 is 2.65 bits per heavy atom. The van der Waals surface area contributed by atoms with Crippen LogP contribution >= 0.6 is 22.9 Å². The minimum atomic E-state index is -0.0473.